The van der Waals surface area contributed by atoms with E-state index >= 15 is 0 Å². The molecule has 3 heterocycles. The minimum atomic E-state index is 0.654. The van der Waals surface area contributed by atoms with Gasteiger partial charge in [0.15, 0.2) is 0 Å². The SMILES string of the molecule is Cc1cccc(CNc2cc(N3CCOCC3)ncn2)n1. The van der Waals surface area contributed by atoms with Gasteiger partial charge >= 0.3 is 0 Å². The average Bonchev–Trinajstić information content (AvgIpc) is 2.54. The van der Waals surface area contributed by atoms with E-state index in [4.69, 9.17) is 4.74 Å². The Balaban J connectivity index is 1.65. The van der Waals surface area contributed by atoms with E-state index in [1.165, 1.54) is 0 Å². The monoisotopic (exact) mass is 285 g/mol. The van der Waals surface area contributed by atoms with Crippen molar-refractivity contribution in [1.29, 1.82) is 0 Å². The van der Waals surface area contributed by atoms with Crippen molar-refractivity contribution in [3.8, 4) is 0 Å². The van der Waals surface area contributed by atoms with Crippen LogP contribution >= 0.6 is 0 Å². The molecule has 1 aliphatic rings. The summed E-state index contributed by atoms with van der Waals surface area (Å²) in [6, 6.07) is 7.98. The van der Waals surface area contributed by atoms with Gasteiger partial charge in [0.1, 0.15) is 18.0 Å². The first-order valence-electron chi connectivity index (χ1n) is 7.12. The summed E-state index contributed by atoms with van der Waals surface area (Å²) >= 11 is 0. The highest BCUT2D eigenvalue weighted by molar-refractivity contribution is 5.48. The number of pyridine rings is 1. The number of hydrogen-bond donors (Lipinski definition) is 1. The molecule has 1 saturated heterocycles. The molecule has 2 aromatic rings. The van der Waals surface area contributed by atoms with Crippen LogP contribution in [0.5, 0.6) is 0 Å². The smallest absolute Gasteiger partial charge is 0.134 e. The maximum Gasteiger partial charge on any atom is 0.134 e. The number of nitrogens with one attached hydrogen (secondary N) is 1. The molecule has 0 amide bonds. The van der Waals surface area contributed by atoms with Crippen LogP contribution in [0.15, 0.2) is 30.6 Å². The average molecular weight is 285 g/mol. The maximum atomic E-state index is 5.36. The van der Waals surface area contributed by atoms with Gasteiger partial charge < -0.3 is 15.0 Å². The molecule has 0 aromatic carbocycles. The number of hydrogen-bond acceptors (Lipinski definition) is 6. The molecule has 2 aromatic heterocycles. The molecule has 1 fully saturated rings. The lowest BCUT2D eigenvalue weighted by molar-refractivity contribution is 0.122. The molecule has 110 valence electrons. The molecule has 0 atom stereocenters. The molecule has 3 rings (SSSR count). The van der Waals surface area contributed by atoms with E-state index in [1.54, 1.807) is 6.33 Å². The van der Waals surface area contributed by atoms with Crippen molar-refractivity contribution in [2.75, 3.05) is 36.5 Å². The second-order valence-corrected chi connectivity index (χ2v) is 4.98. The van der Waals surface area contributed by atoms with Crippen LogP contribution in [0, 0.1) is 6.92 Å². The van der Waals surface area contributed by atoms with Crippen molar-refractivity contribution >= 4 is 11.6 Å². The number of rotatable bonds is 4. The first-order valence-corrected chi connectivity index (χ1v) is 7.12. The molecule has 0 bridgehead atoms. The van der Waals surface area contributed by atoms with Crippen molar-refractivity contribution in [2.45, 2.75) is 13.5 Å². The Bertz CT molecular complexity index is 598. The molecule has 0 spiro atoms. The number of anilines is 2. The molecule has 0 radical (unpaired) electrons. The molecule has 0 unspecified atom stereocenters. The van der Waals surface area contributed by atoms with Gasteiger partial charge in [-0.15, -0.1) is 0 Å². The van der Waals surface area contributed by atoms with Crippen molar-refractivity contribution in [3.05, 3.63) is 42.0 Å². The molecule has 6 nitrogen and oxygen atoms in total. The van der Waals surface area contributed by atoms with Gasteiger partial charge in [0.25, 0.3) is 0 Å². The lowest BCUT2D eigenvalue weighted by Crippen LogP contribution is -2.36. The van der Waals surface area contributed by atoms with Crippen molar-refractivity contribution in [3.63, 3.8) is 0 Å². The zero-order valence-corrected chi connectivity index (χ0v) is 12.1. The Morgan fingerprint density at radius 3 is 2.90 bits per heavy atom. The van der Waals surface area contributed by atoms with Gasteiger partial charge in [0, 0.05) is 24.8 Å². The van der Waals surface area contributed by atoms with E-state index < -0.39 is 0 Å². The predicted octanol–water partition coefficient (Wildman–Crippen LogP) is 1.63. The molecule has 0 saturated carbocycles. The molecule has 1 aliphatic heterocycles. The van der Waals surface area contributed by atoms with Crippen LogP contribution < -0.4 is 10.2 Å². The van der Waals surface area contributed by atoms with Gasteiger partial charge in [-0.1, -0.05) is 6.07 Å². The number of aryl methyl sites for hydroxylation is 1. The van der Waals surface area contributed by atoms with E-state index in [-0.39, 0.29) is 0 Å². The first kappa shape index (κ1) is 13.8. The summed E-state index contributed by atoms with van der Waals surface area (Å²) in [6.07, 6.45) is 1.59. The third kappa shape index (κ3) is 3.66. The van der Waals surface area contributed by atoms with Gasteiger partial charge in [0.05, 0.1) is 25.5 Å². The molecule has 0 aliphatic carbocycles. The maximum absolute atomic E-state index is 5.36. The Morgan fingerprint density at radius 1 is 1.24 bits per heavy atom. The topological polar surface area (TPSA) is 63.2 Å². The van der Waals surface area contributed by atoms with E-state index in [2.05, 4.69) is 25.2 Å². The van der Waals surface area contributed by atoms with E-state index in [9.17, 15) is 0 Å². The van der Waals surface area contributed by atoms with E-state index in [0.717, 1.165) is 49.3 Å². The fourth-order valence-electron chi connectivity index (χ4n) is 2.29. The third-order valence-electron chi connectivity index (χ3n) is 3.38. The summed E-state index contributed by atoms with van der Waals surface area (Å²) in [5, 5.41) is 3.30. The lowest BCUT2D eigenvalue weighted by Gasteiger charge is -2.27. The van der Waals surface area contributed by atoms with E-state index in [1.807, 2.05) is 31.2 Å². The molecular formula is C15H19N5O. The highest BCUT2D eigenvalue weighted by atomic mass is 16.5. The lowest BCUT2D eigenvalue weighted by atomic mass is 10.3. The summed E-state index contributed by atoms with van der Waals surface area (Å²) in [4.78, 5) is 15.3. The summed E-state index contributed by atoms with van der Waals surface area (Å²) in [6.45, 7) is 5.89. The highest BCUT2D eigenvalue weighted by Crippen LogP contribution is 2.15. The van der Waals surface area contributed by atoms with Gasteiger partial charge in [-0.05, 0) is 19.1 Å². The number of nitrogens with zero attached hydrogens (tertiary/aromatic N) is 4. The van der Waals surface area contributed by atoms with Gasteiger partial charge in [-0.25, -0.2) is 9.97 Å². The zero-order chi connectivity index (χ0) is 14.5. The van der Waals surface area contributed by atoms with Crippen LogP contribution in [0.3, 0.4) is 0 Å². The molecule has 21 heavy (non-hydrogen) atoms. The molecule has 6 heteroatoms. The highest BCUT2D eigenvalue weighted by Gasteiger charge is 2.12. The second kappa shape index (κ2) is 6.49. The summed E-state index contributed by atoms with van der Waals surface area (Å²) in [7, 11) is 0. The summed E-state index contributed by atoms with van der Waals surface area (Å²) in [5.74, 6) is 1.75. The molecule has 1 N–H and O–H groups in total. The van der Waals surface area contributed by atoms with Crippen LogP contribution in [0.2, 0.25) is 0 Å². The first-order chi connectivity index (χ1) is 10.3. The quantitative estimate of drug-likeness (QED) is 0.921. The second-order valence-electron chi connectivity index (χ2n) is 4.98. The Labute approximate surface area is 124 Å². The minimum Gasteiger partial charge on any atom is -0.378 e. The number of aromatic nitrogens is 3. The van der Waals surface area contributed by atoms with Crippen LogP contribution in [-0.2, 0) is 11.3 Å². The van der Waals surface area contributed by atoms with Crippen LogP contribution in [-0.4, -0.2) is 41.3 Å². The predicted molar refractivity (Wildman–Crippen MR) is 81.4 cm³/mol. The summed E-state index contributed by atoms with van der Waals surface area (Å²) in [5.41, 5.74) is 2.02. The largest absolute Gasteiger partial charge is 0.378 e. The van der Waals surface area contributed by atoms with Crippen molar-refractivity contribution in [1.82, 2.24) is 15.0 Å². The minimum absolute atomic E-state index is 0.654. The molecular weight excluding hydrogens is 266 g/mol. The Morgan fingerprint density at radius 2 is 2.10 bits per heavy atom. The number of morpholine rings is 1. The Hall–Kier alpha value is -2.21. The van der Waals surface area contributed by atoms with Gasteiger partial charge in [-0.3, -0.25) is 4.98 Å². The fourth-order valence-corrected chi connectivity index (χ4v) is 2.29. The van der Waals surface area contributed by atoms with Crippen LogP contribution in [0.25, 0.3) is 0 Å². The van der Waals surface area contributed by atoms with Crippen molar-refractivity contribution < 1.29 is 4.74 Å². The van der Waals surface area contributed by atoms with E-state index in [0.29, 0.717) is 6.54 Å². The normalized spacial score (nSPS) is 15.0. The van der Waals surface area contributed by atoms with Gasteiger partial charge in [0.2, 0.25) is 0 Å². The zero-order valence-electron chi connectivity index (χ0n) is 12.1. The number of ether oxygens (including phenoxy) is 1. The summed E-state index contributed by atoms with van der Waals surface area (Å²) < 4.78 is 5.36. The van der Waals surface area contributed by atoms with Crippen LogP contribution in [0.1, 0.15) is 11.4 Å². The third-order valence-corrected chi connectivity index (χ3v) is 3.38. The standard InChI is InChI=1S/C15H19N5O/c1-12-3-2-4-13(19-12)10-16-14-9-15(18-11-17-14)20-5-7-21-8-6-20/h2-4,9,11H,5-8,10H2,1H3,(H,16,17,18). The Kier molecular flexibility index (Phi) is 4.25. The van der Waals surface area contributed by atoms with Gasteiger partial charge in [-0.2, -0.15) is 0 Å². The fraction of sp³-hybridized carbons (Fsp3) is 0.400. The van der Waals surface area contributed by atoms with Crippen LogP contribution in [0.4, 0.5) is 11.6 Å². The van der Waals surface area contributed by atoms with Crippen molar-refractivity contribution in [2.24, 2.45) is 0 Å².